The Bertz CT molecular complexity index is 660. The van der Waals surface area contributed by atoms with Gasteiger partial charge in [0, 0.05) is 24.3 Å². The largest absolute Gasteiger partial charge is 0.495 e. The lowest BCUT2D eigenvalue weighted by Crippen LogP contribution is -2.41. The predicted octanol–water partition coefficient (Wildman–Crippen LogP) is 2.18. The molecule has 5 heteroatoms. The molecule has 1 aliphatic rings. The zero-order valence-corrected chi connectivity index (χ0v) is 13.0. The normalized spacial score (nSPS) is 20.8. The van der Waals surface area contributed by atoms with E-state index in [0.29, 0.717) is 0 Å². The second-order valence-electron chi connectivity index (χ2n) is 6.57. The fraction of sp³-hybridized carbons (Fsp3) is 0.533. The van der Waals surface area contributed by atoms with Crippen molar-refractivity contribution in [3.05, 3.63) is 24.0 Å². The first-order valence-electron chi connectivity index (χ1n) is 6.99. The summed E-state index contributed by atoms with van der Waals surface area (Å²) in [5.74, 6) is 0. The van der Waals surface area contributed by atoms with Gasteiger partial charge in [0.05, 0.1) is 11.2 Å². The Balaban J connectivity index is 2.11. The van der Waals surface area contributed by atoms with Crippen LogP contribution in [0.25, 0.3) is 11.0 Å². The van der Waals surface area contributed by atoms with Gasteiger partial charge in [0.15, 0.2) is 0 Å². The number of aromatic nitrogens is 2. The molecule has 3 heterocycles. The van der Waals surface area contributed by atoms with E-state index in [0.717, 1.165) is 16.5 Å². The summed E-state index contributed by atoms with van der Waals surface area (Å²) in [4.78, 5) is 4.46. The first-order chi connectivity index (χ1) is 9.23. The van der Waals surface area contributed by atoms with E-state index in [1.54, 1.807) is 0 Å². The highest BCUT2D eigenvalue weighted by Gasteiger charge is 2.52. The number of nitrogens with zero attached hydrogens (tertiary/aromatic N) is 2. The lowest BCUT2D eigenvalue weighted by atomic mass is 9.78. The van der Waals surface area contributed by atoms with Crippen molar-refractivity contribution in [2.75, 3.05) is 0 Å². The van der Waals surface area contributed by atoms with Crippen LogP contribution in [0.15, 0.2) is 18.3 Å². The van der Waals surface area contributed by atoms with Crippen LogP contribution in [0.1, 0.15) is 33.4 Å². The zero-order chi connectivity index (χ0) is 14.7. The summed E-state index contributed by atoms with van der Waals surface area (Å²) in [5.41, 5.74) is 2.55. The van der Waals surface area contributed by atoms with Gasteiger partial charge in [-0.3, -0.25) is 0 Å². The molecule has 4 nitrogen and oxygen atoms in total. The number of pyridine rings is 1. The van der Waals surface area contributed by atoms with Crippen molar-refractivity contribution >= 4 is 23.6 Å². The Kier molecular flexibility index (Phi) is 2.79. The van der Waals surface area contributed by atoms with E-state index >= 15 is 0 Å². The van der Waals surface area contributed by atoms with Crippen molar-refractivity contribution in [1.29, 1.82) is 0 Å². The predicted molar refractivity (Wildman–Crippen MR) is 81.2 cm³/mol. The molecule has 0 aliphatic carbocycles. The molecule has 0 amide bonds. The lowest BCUT2D eigenvalue weighted by Gasteiger charge is -2.32. The summed E-state index contributed by atoms with van der Waals surface area (Å²) in [6.45, 7) is 10.4. The molecule has 1 fully saturated rings. The highest BCUT2D eigenvalue weighted by molar-refractivity contribution is 6.65. The third-order valence-corrected chi connectivity index (χ3v) is 4.71. The van der Waals surface area contributed by atoms with E-state index < -0.39 is 0 Å². The van der Waals surface area contributed by atoms with Crippen molar-refractivity contribution in [2.24, 2.45) is 7.05 Å². The topological polar surface area (TPSA) is 36.3 Å². The van der Waals surface area contributed by atoms with Crippen molar-refractivity contribution in [3.63, 3.8) is 0 Å². The maximum Gasteiger partial charge on any atom is 0.495 e. The monoisotopic (exact) mass is 272 g/mol. The Morgan fingerprint density at radius 3 is 2.35 bits per heavy atom. The van der Waals surface area contributed by atoms with Gasteiger partial charge in [-0.1, -0.05) is 0 Å². The lowest BCUT2D eigenvalue weighted by molar-refractivity contribution is 0.00578. The van der Waals surface area contributed by atoms with Crippen LogP contribution in [0.3, 0.4) is 0 Å². The van der Waals surface area contributed by atoms with Gasteiger partial charge in [0.2, 0.25) is 0 Å². The maximum absolute atomic E-state index is 6.15. The minimum absolute atomic E-state index is 0.322. The summed E-state index contributed by atoms with van der Waals surface area (Å²) in [6.07, 6.45) is 1.82. The molecule has 20 heavy (non-hydrogen) atoms. The Labute approximate surface area is 120 Å². The number of rotatable bonds is 1. The molecular formula is C15H21BN2O2. The Morgan fingerprint density at radius 2 is 1.75 bits per heavy atom. The molecule has 0 aromatic carbocycles. The summed E-state index contributed by atoms with van der Waals surface area (Å²) in [5, 5.41) is 1.10. The SMILES string of the molecule is Cc1cc2c(B3OC(C)(C)C(C)(C)O3)ccnc2n1C. The van der Waals surface area contributed by atoms with Crippen LogP contribution in [-0.4, -0.2) is 27.9 Å². The summed E-state index contributed by atoms with van der Waals surface area (Å²) >= 11 is 0. The molecular weight excluding hydrogens is 251 g/mol. The molecule has 0 atom stereocenters. The van der Waals surface area contributed by atoms with Crippen LogP contribution in [-0.2, 0) is 16.4 Å². The minimum atomic E-state index is -0.340. The average Bonchev–Trinajstić information content (AvgIpc) is 2.74. The van der Waals surface area contributed by atoms with Gasteiger partial charge in [-0.25, -0.2) is 4.98 Å². The van der Waals surface area contributed by atoms with E-state index in [1.165, 1.54) is 5.69 Å². The minimum Gasteiger partial charge on any atom is -0.399 e. The second-order valence-corrected chi connectivity index (χ2v) is 6.57. The molecule has 2 aromatic rings. The molecule has 2 aromatic heterocycles. The Hall–Kier alpha value is -1.33. The van der Waals surface area contributed by atoms with Gasteiger partial charge in [-0.05, 0) is 52.2 Å². The third kappa shape index (κ3) is 1.80. The van der Waals surface area contributed by atoms with Crippen molar-refractivity contribution in [2.45, 2.75) is 45.8 Å². The molecule has 0 N–H and O–H groups in total. The van der Waals surface area contributed by atoms with Crippen molar-refractivity contribution in [1.82, 2.24) is 9.55 Å². The summed E-state index contributed by atoms with van der Waals surface area (Å²) in [6, 6.07) is 4.13. The molecule has 0 spiro atoms. The van der Waals surface area contributed by atoms with Crippen LogP contribution in [0.5, 0.6) is 0 Å². The van der Waals surface area contributed by atoms with Gasteiger partial charge in [-0.15, -0.1) is 0 Å². The molecule has 1 aliphatic heterocycles. The second kappa shape index (κ2) is 4.09. The number of hydrogen-bond acceptors (Lipinski definition) is 3. The summed E-state index contributed by atoms with van der Waals surface area (Å²) < 4.78 is 14.4. The van der Waals surface area contributed by atoms with Crippen LogP contribution in [0, 0.1) is 6.92 Å². The molecule has 106 valence electrons. The molecule has 0 saturated carbocycles. The molecule has 0 unspecified atom stereocenters. The van der Waals surface area contributed by atoms with Gasteiger partial charge in [0.25, 0.3) is 0 Å². The highest BCUT2D eigenvalue weighted by atomic mass is 16.7. The van der Waals surface area contributed by atoms with Crippen LogP contribution in [0.2, 0.25) is 0 Å². The van der Waals surface area contributed by atoms with Crippen LogP contribution in [0.4, 0.5) is 0 Å². The molecule has 0 bridgehead atoms. The van der Waals surface area contributed by atoms with E-state index in [2.05, 4.69) is 50.2 Å². The quantitative estimate of drug-likeness (QED) is 0.746. The molecule has 3 rings (SSSR count). The first-order valence-corrected chi connectivity index (χ1v) is 6.99. The van der Waals surface area contributed by atoms with Crippen LogP contribution >= 0.6 is 0 Å². The third-order valence-electron chi connectivity index (χ3n) is 4.71. The number of hydrogen-bond donors (Lipinski definition) is 0. The highest BCUT2D eigenvalue weighted by Crippen LogP contribution is 2.37. The van der Waals surface area contributed by atoms with Crippen molar-refractivity contribution in [3.8, 4) is 0 Å². The van der Waals surface area contributed by atoms with E-state index in [4.69, 9.17) is 9.31 Å². The van der Waals surface area contributed by atoms with Gasteiger partial charge in [0.1, 0.15) is 5.65 Å². The average molecular weight is 272 g/mol. The van der Waals surface area contributed by atoms with Crippen LogP contribution < -0.4 is 5.46 Å². The smallest absolute Gasteiger partial charge is 0.399 e. The molecule has 1 saturated heterocycles. The van der Waals surface area contributed by atoms with E-state index in [1.807, 2.05) is 19.3 Å². The fourth-order valence-electron chi connectivity index (χ4n) is 2.54. The zero-order valence-electron chi connectivity index (χ0n) is 13.0. The van der Waals surface area contributed by atoms with Crippen molar-refractivity contribution < 1.29 is 9.31 Å². The van der Waals surface area contributed by atoms with Gasteiger partial charge in [-0.2, -0.15) is 0 Å². The summed E-state index contributed by atoms with van der Waals surface area (Å²) in [7, 11) is 1.69. The van der Waals surface area contributed by atoms with E-state index in [9.17, 15) is 0 Å². The van der Waals surface area contributed by atoms with Gasteiger partial charge >= 0.3 is 7.12 Å². The van der Waals surface area contributed by atoms with Gasteiger partial charge < -0.3 is 13.9 Å². The Morgan fingerprint density at radius 1 is 1.15 bits per heavy atom. The number of aryl methyl sites for hydroxylation is 2. The fourth-order valence-corrected chi connectivity index (χ4v) is 2.54. The maximum atomic E-state index is 6.15. The molecule has 0 radical (unpaired) electrons. The first kappa shape index (κ1) is 13.6. The number of fused-ring (bicyclic) bond motifs is 1. The standard InChI is InChI=1S/C15H21BN2O2/c1-10-9-11-12(7-8-17-13(11)18(10)6)16-19-14(2,3)15(4,5)20-16/h7-9H,1-6H3. The van der Waals surface area contributed by atoms with E-state index in [-0.39, 0.29) is 18.3 Å².